The fourth-order valence-corrected chi connectivity index (χ4v) is 5.69. The molecule has 2 amide bonds. The number of nitrogens with zero attached hydrogens (tertiary/aromatic N) is 6. The van der Waals surface area contributed by atoms with Crippen molar-refractivity contribution in [3.8, 4) is 5.75 Å². The highest BCUT2D eigenvalue weighted by Crippen LogP contribution is 2.36. The van der Waals surface area contributed by atoms with Gasteiger partial charge in [0, 0.05) is 51.4 Å². The van der Waals surface area contributed by atoms with Gasteiger partial charge in [-0.15, -0.1) is 5.10 Å². The molecule has 4 bridgehead atoms. The number of carbonyl (C=O) groups is 2. The van der Waals surface area contributed by atoms with Crippen molar-refractivity contribution in [1.29, 1.82) is 0 Å². The van der Waals surface area contributed by atoms with E-state index in [-0.39, 0.29) is 11.8 Å². The van der Waals surface area contributed by atoms with E-state index in [0.717, 1.165) is 35.4 Å². The second-order valence-electron chi connectivity index (χ2n) is 11.0. The Hall–Kier alpha value is -4.47. The van der Waals surface area contributed by atoms with E-state index >= 15 is 0 Å². The molecule has 0 aliphatic carbocycles. The third-order valence-corrected chi connectivity index (χ3v) is 8.09. The lowest BCUT2D eigenvalue weighted by atomic mass is 9.74. The molecule has 41 heavy (non-hydrogen) atoms. The summed E-state index contributed by atoms with van der Waals surface area (Å²) in [4.78, 5) is 28.9. The molecule has 3 aliphatic heterocycles. The Balaban J connectivity index is 1.15. The zero-order valence-electron chi connectivity index (χ0n) is 23.1. The molecule has 0 atom stereocenters. The molecule has 5 heterocycles. The van der Waals surface area contributed by atoms with E-state index in [4.69, 9.17) is 4.74 Å². The summed E-state index contributed by atoms with van der Waals surface area (Å²) < 4.78 is 9.46. The van der Waals surface area contributed by atoms with Gasteiger partial charge in [0.05, 0.1) is 36.0 Å². The molecule has 10 heteroatoms. The average Bonchev–Trinajstić information content (AvgIpc) is 3.65. The van der Waals surface area contributed by atoms with Gasteiger partial charge in [0.2, 0.25) is 5.91 Å². The lowest BCUT2D eigenvalue weighted by Gasteiger charge is -2.40. The van der Waals surface area contributed by atoms with Crippen molar-refractivity contribution in [3.63, 3.8) is 0 Å². The van der Waals surface area contributed by atoms with Crippen LogP contribution in [-0.2, 0) is 30.7 Å². The molecular weight excluding hydrogens is 518 g/mol. The molecule has 0 radical (unpaired) electrons. The molecule has 3 aliphatic rings. The average molecular weight is 554 g/mol. The third-order valence-electron chi connectivity index (χ3n) is 8.09. The number of rotatable bonds is 3. The molecular formula is C31H35N7O3. The second kappa shape index (κ2) is 12.0. The van der Waals surface area contributed by atoms with Gasteiger partial charge in [-0.3, -0.25) is 19.0 Å². The SMILES string of the molecule is O=C(c1cnn(Cc2ccccc2)c1)N1CCC2(CC1)Cc1cn(nn1)CCCOc1ccc(cc1)CCNC2=O. The van der Waals surface area contributed by atoms with Gasteiger partial charge in [-0.05, 0) is 42.5 Å². The van der Waals surface area contributed by atoms with Gasteiger partial charge in [0.1, 0.15) is 5.75 Å². The van der Waals surface area contributed by atoms with Gasteiger partial charge in [-0.2, -0.15) is 5.10 Å². The predicted octanol–water partition coefficient (Wildman–Crippen LogP) is 3.13. The fraction of sp³-hybridized carbons (Fsp3) is 0.387. The summed E-state index contributed by atoms with van der Waals surface area (Å²) in [6.07, 6.45) is 8.49. The zero-order valence-corrected chi connectivity index (χ0v) is 23.1. The summed E-state index contributed by atoms with van der Waals surface area (Å²) in [7, 11) is 0. The summed E-state index contributed by atoms with van der Waals surface area (Å²) in [5, 5.41) is 16.3. The summed E-state index contributed by atoms with van der Waals surface area (Å²) in [5.74, 6) is 0.796. The van der Waals surface area contributed by atoms with E-state index in [2.05, 4.69) is 20.7 Å². The summed E-state index contributed by atoms with van der Waals surface area (Å²) in [6, 6.07) is 18.1. The van der Waals surface area contributed by atoms with Crippen LogP contribution >= 0.6 is 0 Å². The number of hydrogen-bond acceptors (Lipinski definition) is 6. The topological polar surface area (TPSA) is 107 Å². The van der Waals surface area contributed by atoms with Crippen molar-refractivity contribution in [3.05, 3.63) is 95.6 Å². The van der Waals surface area contributed by atoms with Crippen LogP contribution in [0.3, 0.4) is 0 Å². The van der Waals surface area contributed by atoms with Crippen molar-refractivity contribution in [2.45, 2.75) is 45.2 Å². The lowest BCUT2D eigenvalue weighted by molar-refractivity contribution is -0.133. The van der Waals surface area contributed by atoms with Crippen molar-refractivity contribution < 1.29 is 14.3 Å². The minimum absolute atomic E-state index is 0.0131. The summed E-state index contributed by atoms with van der Waals surface area (Å²) >= 11 is 0. The number of fused-ring (bicyclic) bond motifs is 8. The van der Waals surface area contributed by atoms with Crippen LogP contribution in [0, 0.1) is 5.41 Å². The van der Waals surface area contributed by atoms with E-state index in [0.29, 0.717) is 64.2 Å². The molecule has 2 aromatic heterocycles. The quantitative estimate of drug-likeness (QED) is 0.418. The van der Waals surface area contributed by atoms with Gasteiger partial charge in [-0.1, -0.05) is 47.7 Å². The fourth-order valence-electron chi connectivity index (χ4n) is 5.69. The Morgan fingerprint density at radius 2 is 1.80 bits per heavy atom. The molecule has 0 unspecified atom stereocenters. The maximum atomic E-state index is 13.7. The number of amides is 2. The molecule has 10 nitrogen and oxygen atoms in total. The Bertz CT molecular complexity index is 1470. The number of nitrogens with one attached hydrogen (secondary N) is 1. The Labute approximate surface area is 239 Å². The van der Waals surface area contributed by atoms with Gasteiger partial charge in [0.25, 0.3) is 5.91 Å². The monoisotopic (exact) mass is 553 g/mol. The highest BCUT2D eigenvalue weighted by atomic mass is 16.5. The first-order chi connectivity index (χ1) is 20.1. The predicted molar refractivity (Wildman–Crippen MR) is 152 cm³/mol. The molecule has 212 valence electrons. The van der Waals surface area contributed by atoms with Crippen LogP contribution in [0.1, 0.15) is 46.4 Å². The highest BCUT2D eigenvalue weighted by molar-refractivity contribution is 5.94. The van der Waals surface area contributed by atoms with Crippen LogP contribution < -0.4 is 10.1 Å². The molecule has 1 N–H and O–H groups in total. The minimum Gasteiger partial charge on any atom is -0.494 e. The van der Waals surface area contributed by atoms with E-state index in [1.807, 2.05) is 70.4 Å². The minimum atomic E-state index is -0.657. The molecule has 2 aromatic carbocycles. The molecule has 1 saturated heterocycles. The van der Waals surface area contributed by atoms with Crippen LogP contribution in [0.4, 0.5) is 0 Å². The standard InChI is InChI=1S/C31H35N7O3/c39-29(26-20-33-38(22-26)21-25-5-2-1-3-6-25)36-16-12-31(13-17-36)19-27-23-37(35-34-27)15-4-18-41-28-9-7-24(8-10-28)11-14-32-30(31)40/h1-3,5-10,20,22-23H,4,11-19,21H2,(H,32,40). The number of carbonyl (C=O) groups excluding carboxylic acids is 2. The van der Waals surface area contributed by atoms with Gasteiger partial charge >= 0.3 is 0 Å². The second-order valence-corrected chi connectivity index (χ2v) is 11.0. The van der Waals surface area contributed by atoms with Crippen molar-refractivity contribution in [1.82, 2.24) is 35.0 Å². The molecule has 1 spiro atoms. The molecule has 1 fully saturated rings. The number of likely N-dealkylation sites (tertiary alicyclic amines) is 1. The van der Waals surface area contributed by atoms with E-state index in [1.165, 1.54) is 0 Å². The molecule has 4 aromatic rings. The number of aromatic nitrogens is 5. The van der Waals surface area contributed by atoms with Gasteiger partial charge in [0.15, 0.2) is 0 Å². The Kier molecular flexibility index (Phi) is 7.80. The van der Waals surface area contributed by atoms with Crippen molar-refractivity contribution in [2.24, 2.45) is 5.41 Å². The summed E-state index contributed by atoms with van der Waals surface area (Å²) in [6.45, 7) is 3.40. The van der Waals surface area contributed by atoms with Crippen LogP contribution in [0.25, 0.3) is 0 Å². The largest absolute Gasteiger partial charge is 0.494 e. The number of aryl methyl sites for hydroxylation is 1. The van der Waals surface area contributed by atoms with E-state index in [1.54, 1.807) is 17.1 Å². The Morgan fingerprint density at radius 3 is 2.61 bits per heavy atom. The number of hydrogen-bond donors (Lipinski definition) is 1. The van der Waals surface area contributed by atoms with Crippen LogP contribution in [0.2, 0.25) is 0 Å². The smallest absolute Gasteiger partial charge is 0.257 e. The van der Waals surface area contributed by atoms with Crippen LogP contribution in [-0.4, -0.2) is 67.7 Å². The van der Waals surface area contributed by atoms with Crippen molar-refractivity contribution >= 4 is 11.8 Å². The van der Waals surface area contributed by atoms with Crippen molar-refractivity contribution in [2.75, 3.05) is 26.2 Å². The Morgan fingerprint density at radius 1 is 1.00 bits per heavy atom. The maximum absolute atomic E-state index is 13.7. The van der Waals surface area contributed by atoms with E-state index in [9.17, 15) is 9.59 Å². The number of piperidine rings is 1. The zero-order chi connectivity index (χ0) is 28.1. The normalized spacial score (nSPS) is 17.6. The molecule has 7 rings (SSSR count). The first kappa shape index (κ1) is 26.7. The van der Waals surface area contributed by atoms with E-state index < -0.39 is 5.41 Å². The van der Waals surface area contributed by atoms with Gasteiger partial charge < -0.3 is 15.0 Å². The number of benzene rings is 2. The van der Waals surface area contributed by atoms with Crippen LogP contribution in [0.15, 0.2) is 73.2 Å². The summed E-state index contributed by atoms with van der Waals surface area (Å²) in [5.41, 5.74) is 2.97. The first-order valence-electron chi connectivity index (χ1n) is 14.3. The number of ether oxygens (including phenoxy) is 1. The lowest BCUT2D eigenvalue weighted by Crippen LogP contribution is -2.51. The van der Waals surface area contributed by atoms with Crippen LogP contribution in [0.5, 0.6) is 5.75 Å². The first-order valence-corrected chi connectivity index (χ1v) is 14.3. The van der Waals surface area contributed by atoms with Gasteiger partial charge in [-0.25, -0.2) is 0 Å². The highest BCUT2D eigenvalue weighted by Gasteiger charge is 2.43. The third kappa shape index (κ3) is 6.32. The maximum Gasteiger partial charge on any atom is 0.257 e. The molecule has 0 saturated carbocycles.